The summed E-state index contributed by atoms with van der Waals surface area (Å²) in [5.41, 5.74) is 0. The van der Waals surface area contributed by atoms with Crippen molar-refractivity contribution >= 4 is 18.0 Å². The van der Waals surface area contributed by atoms with Gasteiger partial charge in [-0.05, 0) is 0 Å². The maximum atomic E-state index is 11.3. The zero-order chi connectivity index (χ0) is 10.9. The van der Waals surface area contributed by atoms with Crippen molar-refractivity contribution in [1.29, 1.82) is 0 Å². The Labute approximate surface area is 80.8 Å². The Bertz CT molecular complexity index is 271. The standard InChI is InChI=1S/C7H11N3O4/c1-5(11)14-10-6(12)8(2)4-9(3)7(10)13/h4H2,1-3H3. The molecule has 0 unspecified atom stereocenters. The number of nitrogens with zero attached hydrogens (tertiary/aromatic N) is 3. The van der Waals surface area contributed by atoms with E-state index in [0.29, 0.717) is 5.06 Å². The van der Waals surface area contributed by atoms with Crippen molar-refractivity contribution in [2.75, 3.05) is 20.8 Å². The van der Waals surface area contributed by atoms with Gasteiger partial charge in [0.25, 0.3) is 0 Å². The van der Waals surface area contributed by atoms with Crippen molar-refractivity contribution in [3.8, 4) is 0 Å². The Morgan fingerprint density at radius 1 is 1.21 bits per heavy atom. The Morgan fingerprint density at radius 3 is 2.00 bits per heavy atom. The van der Waals surface area contributed by atoms with Gasteiger partial charge in [0.2, 0.25) is 0 Å². The predicted molar refractivity (Wildman–Crippen MR) is 44.8 cm³/mol. The fourth-order valence-electron chi connectivity index (χ4n) is 1.04. The van der Waals surface area contributed by atoms with E-state index in [9.17, 15) is 14.4 Å². The van der Waals surface area contributed by atoms with E-state index in [1.54, 1.807) is 0 Å². The summed E-state index contributed by atoms with van der Waals surface area (Å²) < 4.78 is 0. The Kier molecular flexibility index (Phi) is 2.59. The fraction of sp³-hybridized carbons (Fsp3) is 0.571. The second-order valence-corrected chi connectivity index (χ2v) is 2.98. The Balaban J connectivity index is 2.82. The van der Waals surface area contributed by atoms with Crippen LogP contribution in [0.5, 0.6) is 0 Å². The fourth-order valence-corrected chi connectivity index (χ4v) is 1.04. The summed E-state index contributed by atoms with van der Waals surface area (Å²) in [5.74, 6) is -0.713. The van der Waals surface area contributed by atoms with Crippen LogP contribution in [0.1, 0.15) is 6.92 Å². The number of rotatable bonds is 1. The van der Waals surface area contributed by atoms with E-state index in [-0.39, 0.29) is 6.67 Å². The van der Waals surface area contributed by atoms with Crippen LogP contribution in [0.4, 0.5) is 9.59 Å². The first-order chi connectivity index (χ1) is 6.43. The molecule has 0 radical (unpaired) electrons. The second kappa shape index (κ2) is 3.52. The summed E-state index contributed by atoms with van der Waals surface area (Å²) in [4.78, 5) is 40.3. The highest BCUT2D eigenvalue weighted by Gasteiger charge is 2.36. The van der Waals surface area contributed by atoms with Crippen LogP contribution < -0.4 is 0 Å². The minimum Gasteiger partial charge on any atom is -0.328 e. The van der Waals surface area contributed by atoms with Gasteiger partial charge in [0, 0.05) is 21.0 Å². The van der Waals surface area contributed by atoms with E-state index in [1.807, 2.05) is 0 Å². The molecule has 0 aromatic carbocycles. The monoisotopic (exact) mass is 201 g/mol. The van der Waals surface area contributed by atoms with Crippen molar-refractivity contribution in [1.82, 2.24) is 14.9 Å². The predicted octanol–water partition coefficient (Wildman–Crippen LogP) is -0.159. The highest BCUT2D eigenvalue weighted by Crippen LogP contribution is 2.09. The number of hydrogen-bond acceptors (Lipinski definition) is 4. The summed E-state index contributed by atoms with van der Waals surface area (Å²) in [5, 5.41) is 0.436. The van der Waals surface area contributed by atoms with Gasteiger partial charge in [0.15, 0.2) is 0 Å². The third kappa shape index (κ3) is 1.76. The molecule has 1 heterocycles. The minimum atomic E-state index is -0.713. The van der Waals surface area contributed by atoms with E-state index in [2.05, 4.69) is 4.84 Å². The van der Waals surface area contributed by atoms with Crippen LogP contribution in [-0.2, 0) is 9.63 Å². The smallest absolute Gasteiger partial charge is 0.328 e. The van der Waals surface area contributed by atoms with Gasteiger partial charge in [-0.15, -0.1) is 0 Å². The van der Waals surface area contributed by atoms with E-state index < -0.39 is 18.0 Å². The van der Waals surface area contributed by atoms with Crippen LogP contribution in [0.25, 0.3) is 0 Å². The highest BCUT2D eigenvalue weighted by molar-refractivity contribution is 5.95. The summed E-state index contributed by atoms with van der Waals surface area (Å²) >= 11 is 0. The van der Waals surface area contributed by atoms with Gasteiger partial charge in [-0.2, -0.15) is 0 Å². The largest absolute Gasteiger partial charge is 0.363 e. The third-order valence-corrected chi connectivity index (χ3v) is 1.64. The molecule has 0 N–H and O–H groups in total. The number of carbonyl (C=O) groups is 3. The van der Waals surface area contributed by atoms with Crippen LogP contribution in [0.15, 0.2) is 0 Å². The molecule has 0 saturated carbocycles. The number of imide groups is 1. The molecule has 4 amide bonds. The molecule has 1 aliphatic heterocycles. The molecular formula is C7H11N3O4. The molecule has 0 aromatic heterocycles. The van der Waals surface area contributed by atoms with Crippen LogP contribution in [-0.4, -0.2) is 53.7 Å². The maximum Gasteiger partial charge on any atom is 0.363 e. The van der Waals surface area contributed by atoms with Crippen LogP contribution in [0.3, 0.4) is 0 Å². The van der Waals surface area contributed by atoms with Gasteiger partial charge in [-0.1, -0.05) is 5.06 Å². The molecule has 78 valence electrons. The summed E-state index contributed by atoms with van der Waals surface area (Å²) in [6, 6.07) is -1.30. The molecule has 7 heteroatoms. The van der Waals surface area contributed by atoms with Gasteiger partial charge in [-0.3, -0.25) is 0 Å². The Morgan fingerprint density at radius 2 is 1.64 bits per heavy atom. The highest BCUT2D eigenvalue weighted by atomic mass is 16.7. The number of hydrogen-bond donors (Lipinski definition) is 0. The van der Waals surface area contributed by atoms with Crippen LogP contribution in [0, 0.1) is 0 Å². The maximum absolute atomic E-state index is 11.3. The SMILES string of the molecule is CC(=O)ON1C(=O)N(C)CN(C)C1=O. The van der Waals surface area contributed by atoms with Crippen molar-refractivity contribution < 1.29 is 19.2 Å². The van der Waals surface area contributed by atoms with E-state index in [4.69, 9.17) is 0 Å². The van der Waals surface area contributed by atoms with Crippen LogP contribution >= 0.6 is 0 Å². The molecule has 1 rings (SSSR count). The van der Waals surface area contributed by atoms with Crippen molar-refractivity contribution in [2.45, 2.75) is 6.92 Å². The van der Waals surface area contributed by atoms with E-state index in [0.717, 1.165) is 6.92 Å². The minimum absolute atomic E-state index is 0.176. The second-order valence-electron chi connectivity index (χ2n) is 2.98. The van der Waals surface area contributed by atoms with Crippen LogP contribution in [0.2, 0.25) is 0 Å². The molecule has 0 aliphatic carbocycles. The zero-order valence-electron chi connectivity index (χ0n) is 8.18. The molecule has 1 saturated heterocycles. The summed E-state index contributed by atoms with van der Waals surface area (Å²) in [6.07, 6.45) is 0. The van der Waals surface area contributed by atoms with Gasteiger partial charge >= 0.3 is 18.0 Å². The molecule has 7 nitrogen and oxygen atoms in total. The molecule has 1 aliphatic rings. The van der Waals surface area contributed by atoms with Gasteiger partial charge < -0.3 is 14.6 Å². The van der Waals surface area contributed by atoms with E-state index >= 15 is 0 Å². The molecule has 0 atom stereocenters. The molecule has 0 bridgehead atoms. The lowest BCUT2D eigenvalue weighted by atomic mass is 10.6. The molecular weight excluding hydrogens is 190 g/mol. The van der Waals surface area contributed by atoms with Gasteiger partial charge in [0.05, 0.1) is 6.67 Å². The lowest BCUT2D eigenvalue weighted by molar-refractivity contribution is -0.169. The van der Waals surface area contributed by atoms with Gasteiger partial charge in [-0.25, -0.2) is 14.4 Å². The number of amides is 4. The molecule has 0 spiro atoms. The topological polar surface area (TPSA) is 70.2 Å². The zero-order valence-corrected chi connectivity index (χ0v) is 8.18. The van der Waals surface area contributed by atoms with Crippen molar-refractivity contribution in [2.24, 2.45) is 0 Å². The summed E-state index contributed by atoms with van der Waals surface area (Å²) in [6.45, 7) is 1.30. The lowest BCUT2D eigenvalue weighted by Gasteiger charge is -2.35. The normalized spacial score (nSPS) is 17.5. The van der Waals surface area contributed by atoms with Crippen molar-refractivity contribution in [3.05, 3.63) is 0 Å². The average Bonchev–Trinajstić information content (AvgIpc) is 2.09. The number of hydroxylamine groups is 2. The van der Waals surface area contributed by atoms with Crippen molar-refractivity contribution in [3.63, 3.8) is 0 Å². The third-order valence-electron chi connectivity index (χ3n) is 1.64. The molecule has 14 heavy (non-hydrogen) atoms. The number of carbonyl (C=O) groups excluding carboxylic acids is 3. The molecule has 0 aromatic rings. The Hall–Kier alpha value is -1.79. The first-order valence-corrected chi connectivity index (χ1v) is 3.92. The van der Waals surface area contributed by atoms with E-state index in [1.165, 1.54) is 23.9 Å². The first-order valence-electron chi connectivity index (χ1n) is 3.92. The summed E-state index contributed by atoms with van der Waals surface area (Å²) in [7, 11) is 3.00. The first kappa shape index (κ1) is 10.3. The van der Waals surface area contributed by atoms with Gasteiger partial charge in [0.1, 0.15) is 0 Å². The molecule has 1 fully saturated rings. The average molecular weight is 201 g/mol. The number of urea groups is 2. The lowest BCUT2D eigenvalue weighted by Crippen LogP contribution is -2.58. The quantitative estimate of drug-likeness (QED) is 0.591.